The molecule has 3 rings (SSSR count). The Morgan fingerprint density at radius 3 is 1.81 bits per heavy atom. The third-order valence-corrected chi connectivity index (χ3v) is 10.9. The Labute approximate surface area is 345 Å². The standard InChI is InChI=1S/C44H67NO12S/c1-2-3-4-5-6-7-8-9-13-22-29-36(54-38(47)30-23-14-11-10-12-17-24-34-25-18-15-19-26-34)43(49)45-40-42(56-39(48)32-31-35-27-20-16-21-28-35)41(57-58(51,52)53)37(33-46)55-44(40)50/h15-16,18-21,25-28,36-37,40-42,44,46,50H,2-14,17,22-24,29-33H2,1H3,(H,45,49)(H,51,52,53)/t36?,37-,40-,41-,42-,44?/m1/s1. The predicted octanol–water partition coefficient (Wildman–Crippen LogP) is 7.11. The summed E-state index contributed by atoms with van der Waals surface area (Å²) in [6.07, 6.45) is 9.35. The molecule has 2 aromatic rings. The largest absolute Gasteiger partial charge is 0.457 e. The van der Waals surface area contributed by atoms with E-state index in [0.717, 1.165) is 69.8 Å². The van der Waals surface area contributed by atoms with Crippen molar-refractivity contribution in [3.63, 3.8) is 0 Å². The zero-order valence-electron chi connectivity index (χ0n) is 34.2. The van der Waals surface area contributed by atoms with Gasteiger partial charge >= 0.3 is 22.3 Å². The molecule has 13 nitrogen and oxygen atoms in total. The molecule has 2 unspecified atom stereocenters. The Balaban J connectivity index is 1.63. The van der Waals surface area contributed by atoms with Crippen molar-refractivity contribution in [3.05, 3.63) is 71.8 Å². The molecule has 1 heterocycles. The highest BCUT2D eigenvalue weighted by molar-refractivity contribution is 7.80. The van der Waals surface area contributed by atoms with Crippen LogP contribution in [0.1, 0.15) is 140 Å². The predicted molar refractivity (Wildman–Crippen MR) is 220 cm³/mol. The fourth-order valence-corrected chi connectivity index (χ4v) is 7.72. The van der Waals surface area contributed by atoms with Crippen LogP contribution in [-0.2, 0) is 56.0 Å². The average Bonchev–Trinajstić information content (AvgIpc) is 3.20. The molecule has 0 aromatic heterocycles. The fraction of sp³-hybridized carbons (Fsp3) is 0.659. The van der Waals surface area contributed by atoms with E-state index in [1.807, 2.05) is 36.4 Å². The first-order valence-electron chi connectivity index (χ1n) is 21.4. The number of aliphatic hydroxyl groups excluding tert-OH is 2. The van der Waals surface area contributed by atoms with Crippen LogP contribution < -0.4 is 5.32 Å². The van der Waals surface area contributed by atoms with Crippen LogP contribution >= 0.6 is 0 Å². The van der Waals surface area contributed by atoms with Gasteiger partial charge in [0.2, 0.25) is 0 Å². The first kappa shape index (κ1) is 49.0. The summed E-state index contributed by atoms with van der Waals surface area (Å²) in [6.45, 7) is 1.30. The van der Waals surface area contributed by atoms with Gasteiger partial charge in [0, 0.05) is 12.8 Å². The van der Waals surface area contributed by atoms with Crippen LogP contribution in [0.5, 0.6) is 0 Å². The summed E-state index contributed by atoms with van der Waals surface area (Å²) in [6, 6.07) is 17.8. The maximum absolute atomic E-state index is 13.9. The number of hydrogen-bond acceptors (Lipinski definition) is 11. The lowest BCUT2D eigenvalue weighted by atomic mass is 9.96. The van der Waals surface area contributed by atoms with Gasteiger partial charge in [-0.25, -0.2) is 4.18 Å². The van der Waals surface area contributed by atoms with Gasteiger partial charge in [0.25, 0.3) is 5.91 Å². The van der Waals surface area contributed by atoms with Gasteiger partial charge in [0.15, 0.2) is 18.5 Å². The molecule has 0 radical (unpaired) electrons. The van der Waals surface area contributed by atoms with Crippen LogP contribution in [0.4, 0.5) is 0 Å². The minimum absolute atomic E-state index is 0.116. The number of aliphatic hydroxyl groups is 2. The van der Waals surface area contributed by atoms with E-state index in [1.54, 1.807) is 12.1 Å². The summed E-state index contributed by atoms with van der Waals surface area (Å²) in [5, 5.41) is 23.5. The van der Waals surface area contributed by atoms with Crippen molar-refractivity contribution < 1.29 is 56.0 Å². The number of benzene rings is 2. The quantitative estimate of drug-likeness (QED) is 0.0355. The summed E-state index contributed by atoms with van der Waals surface area (Å²) >= 11 is 0. The number of esters is 2. The molecule has 58 heavy (non-hydrogen) atoms. The SMILES string of the molecule is CCCCCCCCCCCCC(OC(=O)CCCCCCCCc1ccccc1)C(=O)N[C@H]1C(O)O[C@H](CO)[C@@H](OS(=O)(=O)O)[C@@H]1OC(=O)CCc1ccccc1. The van der Waals surface area contributed by atoms with Crippen LogP contribution in [0.25, 0.3) is 0 Å². The topological polar surface area (TPSA) is 195 Å². The number of hydrogen-bond donors (Lipinski definition) is 4. The van der Waals surface area contributed by atoms with Gasteiger partial charge in [-0.15, -0.1) is 0 Å². The molecule has 2 aromatic carbocycles. The Hall–Kier alpha value is -3.40. The molecule has 4 N–H and O–H groups in total. The highest BCUT2D eigenvalue weighted by Gasteiger charge is 2.51. The van der Waals surface area contributed by atoms with Gasteiger partial charge in [-0.3, -0.25) is 18.9 Å². The van der Waals surface area contributed by atoms with Crippen LogP contribution in [0.2, 0.25) is 0 Å². The normalized spacial score (nSPS) is 20.0. The minimum atomic E-state index is -5.20. The van der Waals surface area contributed by atoms with Crippen molar-refractivity contribution in [2.75, 3.05) is 6.61 Å². The average molecular weight is 834 g/mol. The van der Waals surface area contributed by atoms with Crippen molar-refractivity contribution in [2.45, 2.75) is 179 Å². The molecule has 1 aliphatic rings. The van der Waals surface area contributed by atoms with Crippen molar-refractivity contribution in [2.24, 2.45) is 0 Å². The lowest BCUT2D eigenvalue weighted by molar-refractivity contribution is -0.254. The number of rotatable bonds is 30. The van der Waals surface area contributed by atoms with E-state index in [2.05, 4.69) is 24.4 Å². The van der Waals surface area contributed by atoms with E-state index in [0.29, 0.717) is 12.8 Å². The summed E-state index contributed by atoms with van der Waals surface area (Å²) < 4.78 is 54.9. The number of aryl methyl sites for hydroxylation is 2. The first-order chi connectivity index (χ1) is 28.0. The molecule has 6 atom stereocenters. The molecule has 1 fully saturated rings. The zero-order chi connectivity index (χ0) is 42.0. The number of carbonyl (C=O) groups excluding carboxylic acids is 3. The summed E-state index contributed by atoms with van der Waals surface area (Å²) in [5.41, 5.74) is 2.15. The Kier molecular flexibility index (Phi) is 23.8. The van der Waals surface area contributed by atoms with Gasteiger partial charge in [0.1, 0.15) is 18.2 Å². The Morgan fingerprint density at radius 1 is 0.707 bits per heavy atom. The summed E-state index contributed by atoms with van der Waals surface area (Å²) in [7, 11) is -5.20. The Bertz CT molecular complexity index is 1540. The van der Waals surface area contributed by atoms with Crippen LogP contribution in [0.3, 0.4) is 0 Å². The van der Waals surface area contributed by atoms with E-state index >= 15 is 0 Å². The molecule has 0 saturated carbocycles. The third-order valence-electron chi connectivity index (χ3n) is 10.4. The van der Waals surface area contributed by atoms with E-state index in [4.69, 9.17) is 18.4 Å². The van der Waals surface area contributed by atoms with Crippen LogP contribution in [0.15, 0.2) is 60.7 Å². The molecular weight excluding hydrogens is 767 g/mol. The minimum Gasteiger partial charge on any atom is -0.457 e. The van der Waals surface area contributed by atoms with Crippen molar-refractivity contribution in [1.82, 2.24) is 5.32 Å². The second-order valence-electron chi connectivity index (χ2n) is 15.3. The maximum atomic E-state index is 13.9. The molecule has 0 aliphatic carbocycles. The summed E-state index contributed by atoms with van der Waals surface area (Å²) in [5.74, 6) is -2.19. The molecule has 0 bridgehead atoms. The number of ether oxygens (including phenoxy) is 3. The number of carbonyl (C=O) groups is 3. The fourth-order valence-electron chi connectivity index (χ4n) is 7.20. The smallest absolute Gasteiger partial charge is 0.397 e. The molecule has 326 valence electrons. The van der Waals surface area contributed by atoms with Gasteiger partial charge in [-0.05, 0) is 49.7 Å². The molecule has 0 spiro atoms. The third kappa shape index (κ3) is 20.0. The molecule has 1 saturated heterocycles. The van der Waals surface area contributed by atoms with Crippen molar-refractivity contribution in [3.8, 4) is 0 Å². The van der Waals surface area contributed by atoms with Crippen molar-refractivity contribution >= 4 is 28.2 Å². The van der Waals surface area contributed by atoms with E-state index < -0.39 is 71.6 Å². The second-order valence-corrected chi connectivity index (χ2v) is 16.3. The second kappa shape index (κ2) is 28.1. The van der Waals surface area contributed by atoms with E-state index in [9.17, 15) is 37.6 Å². The highest BCUT2D eigenvalue weighted by Crippen LogP contribution is 2.27. The molecular formula is C44H67NO12S. The van der Waals surface area contributed by atoms with Crippen LogP contribution in [0, 0.1) is 0 Å². The van der Waals surface area contributed by atoms with Gasteiger partial charge in [-0.2, -0.15) is 8.42 Å². The molecule has 1 amide bonds. The summed E-state index contributed by atoms with van der Waals surface area (Å²) in [4.78, 5) is 40.1. The lowest BCUT2D eigenvalue weighted by Gasteiger charge is -2.43. The Morgan fingerprint density at radius 2 is 1.24 bits per heavy atom. The van der Waals surface area contributed by atoms with Gasteiger partial charge in [-0.1, -0.05) is 151 Å². The van der Waals surface area contributed by atoms with Gasteiger partial charge < -0.3 is 29.7 Å². The number of nitrogens with one attached hydrogen (secondary N) is 1. The number of unbranched alkanes of at least 4 members (excludes halogenated alkanes) is 14. The van der Waals surface area contributed by atoms with Crippen LogP contribution in [-0.4, -0.2) is 84.4 Å². The molecule has 14 heteroatoms. The first-order valence-corrected chi connectivity index (χ1v) is 22.7. The van der Waals surface area contributed by atoms with E-state index in [-0.39, 0.29) is 25.7 Å². The van der Waals surface area contributed by atoms with E-state index in [1.165, 1.54) is 37.7 Å². The number of amides is 1. The van der Waals surface area contributed by atoms with Gasteiger partial charge in [0.05, 0.1) is 6.61 Å². The maximum Gasteiger partial charge on any atom is 0.397 e. The molecule has 1 aliphatic heterocycles. The zero-order valence-corrected chi connectivity index (χ0v) is 35.0. The lowest BCUT2D eigenvalue weighted by Crippen LogP contribution is -2.67. The highest BCUT2D eigenvalue weighted by atomic mass is 32.3. The monoisotopic (exact) mass is 833 g/mol. The van der Waals surface area contributed by atoms with Crippen molar-refractivity contribution in [1.29, 1.82) is 0 Å².